The fourth-order valence-electron chi connectivity index (χ4n) is 3.03. The summed E-state index contributed by atoms with van der Waals surface area (Å²) < 4.78 is 13.2. The first kappa shape index (κ1) is 20.6. The highest BCUT2D eigenvalue weighted by Crippen LogP contribution is 2.35. The van der Waals surface area contributed by atoms with Crippen molar-refractivity contribution in [1.82, 2.24) is 19.3 Å². The predicted octanol–water partition coefficient (Wildman–Crippen LogP) is 2.42. The molecule has 0 fully saturated rings. The van der Waals surface area contributed by atoms with Gasteiger partial charge in [-0.3, -0.25) is 13.9 Å². The summed E-state index contributed by atoms with van der Waals surface area (Å²) >= 11 is 6.19. The summed E-state index contributed by atoms with van der Waals surface area (Å²) in [5.41, 5.74) is 1.28. The lowest BCUT2D eigenvalue weighted by atomic mass is 10.0. The van der Waals surface area contributed by atoms with Crippen molar-refractivity contribution >= 4 is 17.6 Å². The maximum absolute atomic E-state index is 12.8. The Morgan fingerprint density at radius 1 is 1.21 bits per heavy atom. The Hall–Kier alpha value is -3.17. The van der Waals surface area contributed by atoms with Crippen molar-refractivity contribution in [1.29, 1.82) is 0 Å². The van der Waals surface area contributed by atoms with E-state index in [0.717, 1.165) is 4.57 Å². The molecule has 0 aliphatic heterocycles. The van der Waals surface area contributed by atoms with Crippen LogP contribution < -0.4 is 10.3 Å². The van der Waals surface area contributed by atoms with Gasteiger partial charge in [0.1, 0.15) is 24.4 Å². The number of benzene rings is 1. The lowest BCUT2D eigenvalue weighted by Crippen LogP contribution is -2.30. The Kier molecular flexibility index (Phi) is 6.30. The van der Waals surface area contributed by atoms with E-state index in [-0.39, 0.29) is 13.0 Å². The number of rotatable bonds is 8. The lowest BCUT2D eigenvalue weighted by molar-refractivity contribution is -0.141. The Morgan fingerprint density at radius 3 is 2.55 bits per heavy atom. The maximum atomic E-state index is 12.8. The topological polar surface area (TPSA) is 108 Å². The number of carboxylic acid groups (broad SMARTS) is 1. The summed E-state index contributed by atoms with van der Waals surface area (Å²) in [6.07, 6.45) is 4.57. The molecule has 2 aromatic heterocycles. The molecule has 0 saturated carbocycles. The minimum absolute atomic E-state index is 0.136. The molecule has 0 spiro atoms. The molecule has 1 N–H and O–H groups in total. The number of nitrogens with zero attached hydrogens (tertiary/aromatic N) is 4. The standard InChI is InChI=1S/C19H19ClN4O5/c1-28-6-5-16(19(26)27)24-9-17(29-2)14(8-18(24)25)13-7-12(20)3-4-15(13)23-10-21-22-11-23/h3-4,7-11,16H,5-6H2,1-2H3,(H,26,27). The molecule has 10 heteroatoms. The van der Waals surface area contributed by atoms with Gasteiger partial charge in [0.2, 0.25) is 0 Å². The quantitative estimate of drug-likeness (QED) is 0.598. The molecular formula is C19H19ClN4O5. The Bertz CT molecular complexity index is 1060. The van der Waals surface area contributed by atoms with Crippen LogP contribution in [0.2, 0.25) is 5.02 Å². The molecular weight excluding hydrogens is 400 g/mol. The zero-order chi connectivity index (χ0) is 21.0. The summed E-state index contributed by atoms with van der Waals surface area (Å²) in [6, 6.07) is 5.42. The number of methoxy groups -OCH3 is 2. The van der Waals surface area contributed by atoms with Crippen LogP contribution in [0.5, 0.6) is 5.75 Å². The van der Waals surface area contributed by atoms with Crippen molar-refractivity contribution < 1.29 is 19.4 Å². The molecule has 3 aromatic rings. The van der Waals surface area contributed by atoms with E-state index in [2.05, 4.69) is 10.2 Å². The highest BCUT2D eigenvalue weighted by atomic mass is 35.5. The average molecular weight is 419 g/mol. The van der Waals surface area contributed by atoms with Crippen LogP contribution in [0.15, 0.2) is 47.9 Å². The van der Waals surface area contributed by atoms with Gasteiger partial charge >= 0.3 is 5.97 Å². The SMILES string of the molecule is COCCC(C(=O)O)n1cc(OC)c(-c2cc(Cl)ccc2-n2cnnc2)cc1=O. The highest BCUT2D eigenvalue weighted by Gasteiger charge is 2.23. The number of aliphatic carboxylic acids is 1. The number of carboxylic acids is 1. The highest BCUT2D eigenvalue weighted by molar-refractivity contribution is 6.31. The maximum Gasteiger partial charge on any atom is 0.326 e. The molecule has 0 aliphatic carbocycles. The van der Waals surface area contributed by atoms with Gasteiger partial charge < -0.3 is 14.6 Å². The fourth-order valence-corrected chi connectivity index (χ4v) is 3.20. The summed E-state index contributed by atoms with van der Waals surface area (Å²) in [4.78, 5) is 24.5. The summed E-state index contributed by atoms with van der Waals surface area (Å²) in [6.45, 7) is 0.194. The molecule has 0 aliphatic rings. The van der Waals surface area contributed by atoms with Gasteiger partial charge in [0.25, 0.3) is 5.56 Å². The van der Waals surface area contributed by atoms with Crippen molar-refractivity contribution in [2.24, 2.45) is 0 Å². The lowest BCUT2D eigenvalue weighted by Gasteiger charge is -2.19. The number of hydrogen-bond donors (Lipinski definition) is 1. The molecule has 1 unspecified atom stereocenters. The van der Waals surface area contributed by atoms with Gasteiger partial charge in [0, 0.05) is 42.4 Å². The van der Waals surface area contributed by atoms with Crippen molar-refractivity contribution in [3.8, 4) is 22.6 Å². The fraction of sp³-hybridized carbons (Fsp3) is 0.263. The first-order chi connectivity index (χ1) is 14.0. The molecule has 0 saturated heterocycles. The van der Waals surface area contributed by atoms with Gasteiger partial charge in [-0.25, -0.2) is 4.79 Å². The third kappa shape index (κ3) is 4.30. The van der Waals surface area contributed by atoms with E-state index in [0.29, 0.717) is 27.6 Å². The molecule has 29 heavy (non-hydrogen) atoms. The number of halogens is 1. The average Bonchev–Trinajstić information content (AvgIpc) is 3.23. The van der Waals surface area contributed by atoms with Crippen LogP contribution >= 0.6 is 11.6 Å². The van der Waals surface area contributed by atoms with Crippen LogP contribution in [0.25, 0.3) is 16.8 Å². The predicted molar refractivity (Wildman–Crippen MR) is 106 cm³/mol. The summed E-state index contributed by atoms with van der Waals surface area (Å²) in [5, 5.41) is 17.6. The van der Waals surface area contributed by atoms with Crippen LogP contribution in [-0.2, 0) is 9.53 Å². The number of pyridine rings is 1. The second-order valence-corrected chi connectivity index (χ2v) is 6.60. The molecule has 3 rings (SSSR count). The van der Waals surface area contributed by atoms with E-state index in [4.69, 9.17) is 21.1 Å². The second-order valence-electron chi connectivity index (χ2n) is 6.17. The van der Waals surface area contributed by atoms with Gasteiger partial charge in [-0.05, 0) is 18.2 Å². The molecule has 0 amide bonds. The van der Waals surface area contributed by atoms with Crippen LogP contribution in [0.1, 0.15) is 12.5 Å². The minimum Gasteiger partial charge on any atom is -0.495 e. The van der Waals surface area contributed by atoms with Crippen molar-refractivity contribution in [2.75, 3.05) is 20.8 Å². The van der Waals surface area contributed by atoms with Crippen molar-refractivity contribution in [2.45, 2.75) is 12.5 Å². The van der Waals surface area contributed by atoms with E-state index in [1.807, 2.05) is 0 Å². The monoisotopic (exact) mass is 418 g/mol. The Morgan fingerprint density at radius 2 is 1.93 bits per heavy atom. The zero-order valence-corrected chi connectivity index (χ0v) is 16.5. The Labute approximate surface area is 171 Å². The van der Waals surface area contributed by atoms with E-state index >= 15 is 0 Å². The third-order valence-corrected chi connectivity index (χ3v) is 4.66. The van der Waals surface area contributed by atoms with E-state index < -0.39 is 17.6 Å². The summed E-state index contributed by atoms with van der Waals surface area (Å²) in [5.74, 6) is -0.809. The van der Waals surface area contributed by atoms with Gasteiger partial charge in [-0.2, -0.15) is 0 Å². The zero-order valence-electron chi connectivity index (χ0n) is 15.8. The largest absolute Gasteiger partial charge is 0.495 e. The van der Waals surface area contributed by atoms with E-state index in [1.54, 1.807) is 22.8 Å². The first-order valence-corrected chi connectivity index (χ1v) is 9.01. The Balaban J connectivity index is 2.18. The molecule has 152 valence electrons. The normalized spacial score (nSPS) is 12.0. The van der Waals surface area contributed by atoms with Crippen LogP contribution in [0.4, 0.5) is 0 Å². The number of carbonyl (C=O) groups is 1. The molecule has 2 heterocycles. The summed E-state index contributed by atoms with van der Waals surface area (Å²) in [7, 11) is 2.92. The van der Waals surface area contributed by atoms with E-state index in [9.17, 15) is 14.7 Å². The van der Waals surface area contributed by atoms with E-state index in [1.165, 1.54) is 39.1 Å². The third-order valence-electron chi connectivity index (χ3n) is 4.43. The van der Waals surface area contributed by atoms with Gasteiger partial charge in [-0.15, -0.1) is 10.2 Å². The molecule has 0 radical (unpaired) electrons. The number of aromatic nitrogens is 4. The smallest absolute Gasteiger partial charge is 0.326 e. The van der Waals surface area contributed by atoms with Crippen LogP contribution in [-0.4, -0.2) is 51.2 Å². The minimum atomic E-state index is -1.13. The van der Waals surface area contributed by atoms with Crippen LogP contribution in [0, 0.1) is 0 Å². The number of ether oxygens (including phenoxy) is 2. The molecule has 9 nitrogen and oxygen atoms in total. The van der Waals surface area contributed by atoms with Gasteiger partial charge in [-0.1, -0.05) is 11.6 Å². The molecule has 1 aromatic carbocycles. The molecule has 1 atom stereocenters. The van der Waals surface area contributed by atoms with Gasteiger partial charge in [0.15, 0.2) is 0 Å². The van der Waals surface area contributed by atoms with Crippen molar-refractivity contribution in [3.05, 3.63) is 58.5 Å². The van der Waals surface area contributed by atoms with Gasteiger partial charge in [0.05, 0.1) is 19.0 Å². The van der Waals surface area contributed by atoms with Crippen LogP contribution in [0.3, 0.4) is 0 Å². The molecule has 0 bridgehead atoms. The van der Waals surface area contributed by atoms with Crippen molar-refractivity contribution in [3.63, 3.8) is 0 Å². The number of hydrogen-bond acceptors (Lipinski definition) is 6. The first-order valence-electron chi connectivity index (χ1n) is 8.63. The second kappa shape index (κ2) is 8.89.